The molecule has 0 unspecified atom stereocenters. The first-order valence-electron chi connectivity index (χ1n) is 14.7. The summed E-state index contributed by atoms with van der Waals surface area (Å²) >= 11 is 0. The summed E-state index contributed by atoms with van der Waals surface area (Å²) in [5.41, 5.74) is 0. The average molecular weight is 450 g/mol. The Hall–Kier alpha value is -0.790. The van der Waals surface area contributed by atoms with E-state index in [0.29, 0.717) is 6.42 Å². The van der Waals surface area contributed by atoms with E-state index in [9.17, 15) is 4.79 Å². The van der Waals surface area contributed by atoms with E-state index in [4.69, 9.17) is 0 Å². The van der Waals surface area contributed by atoms with Crippen LogP contribution in [0.25, 0.3) is 0 Å². The van der Waals surface area contributed by atoms with Gasteiger partial charge in [-0.3, -0.25) is 4.79 Å². The van der Waals surface area contributed by atoms with Gasteiger partial charge >= 0.3 is 0 Å². The highest BCUT2D eigenvalue weighted by Crippen LogP contribution is 2.13. The smallest absolute Gasteiger partial charge is 0.220 e. The van der Waals surface area contributed by atoms with E-state index in [-0.39, 0.29) is 5.91 Å². The number of carbonyl (C=O) groups is 1. The lowest BCUT2D eigenvalue weighted by molar-refractivity contribution is -0.121. The monoisotopic (exact) mass is 449 g/mol. The molecule has 0 saturated heterocycles. The molecule has 0 aliphatic carbocycles. The van der Waals surface area contributed by atoms with Crippen molar-refractivity contribution in [1.29, 1.82) is 0 Å². The predicted octanol–water partition coefficient (Wildman–Crippen LogP) is 10.1. The van der Waals surface area contributed by atoms with E-state index in [1.807, 2.05) is 0 Å². The molecule has 0 atom stereocenters. The van der Waals surface area contributed by atoms with E-state index in [2.05, 4.69) is 31.3 Å². The van der Waals surface area contributed by atoms with Crippen LogP contribution in [0.4, 0.5) is 0 Å². The summed E-state index contributed by atoms with van der Waals surface area (Å²) in [4.78, 5) is 11.9. The van der Waals surface area contributed by atoms with Gasteiger partial charge in [-0.05, 0) is 25.7 Å². The maximum Gasteiger partial charge on any atom is 0.220 e. The number of rotatable bonds is 26. The van der Waals surface area contributed by atoms with Gasteiger partial charge in [0, 0.05) is 13.0 Å². The zero-order valence-electron chi connectivity index (χ0n) is 22.2. The second-order valence-corrected chi connectivity index (χ2v) is 9.87. The summed E-state index contributed by atoms with van der Waals surface area (Å²) in [5.74, 6) is 0.221. The Morgan fingerprint density at radius 2 is 0.875 bits per heavy atom. The molecule has 0 aliphatic heterocycles. The van der Waals surface area contributed by atoms with Gasteiger partial charge in [-0.25, -0.2) is 0 Å². The van der Waals surface area contributed by atoms with Crippen molar-refractivity contribution in [2.75, 3.05) is 6.54 Å². The number of allylic oxidation sites excluding steroid dienone is 2. The van der Waals surface area contributed by atoms with Gasteiger partial charge in [0.25, 0.3) is 0 Å². The molecule has 0 aromatic rings. The van der Waals surface area contributed by atoms with E-state index in [1.54, 1.807) is 0 Å². The van der Waals surface area contributed by atoms with Gasteiger partial charge < -0.3 is 5.32 Å². The van der Waals surface area contributed by atoms with Crippen molar-refractivity contribution < 1.29 is 4.79 Å². The summed E-state index contributed by atoms with van der Waals surface area (Å²) in [5, 5.41) is 3.08. The number of nitrogens with one attached hydrogen (secondary N) is 1. The molecular formula is C30H59NO. The highest BCUT2D eigenvalue weighted by molar-refractivity contribution is 5.75. The van der Waals surface area contributed by atoms with E-state index in [1.165, 1.54) is 135 Å². The quantitative estimate of drug-likeness (QED) is 0.103. The van der Waals surface area contributed by atoms with Crippen molar-refractivity contribution in [3.8, 4) is 0 Å². The molecule has 1 N–H and O–H groups in total. The zero-order valence-corrected chi connectivity index (χ0v) is 22.2. The second kappa shape index (κ2) is 28.2. The van der Waals surface area contributed by atoms with Crippen molar-refractivity contribution in [3.05, 3.63) is 12.2 Å². The fourth-order valence-electron chi connectivity index (χ4n) is 4.31. The fourth-order valence-corrected chi connectivity index (χ4v) is 4.31. The summed E-state index contributed by atoms with van der Waals surface area (Å²) in [6, 6.07) is 0. The van der Waals surface area contributed by atoms with Gasteiger partial charge in [-0.15, -0.1) is 0 Å². The molecule has 0 aromatic heterocycles. The molecule has 0 heterocycles. The Morgan fingerprint density at radius 3 is 1.34 bits per heavy atom. The summed E-state index contributed by atoms with van der Waals surface area (Å²) in [6.07, 6.45) is 36.1. The molecule has 32 heavy (non-hydrogen) atoms. The van der Waals surface area contributed by atoms with Crippen molar-refractivity contribution >= 4 is 5.91 Å². The third-order valence-corrected chi connectivity index (χ3v) is 6.53. The summed E-state index contributed by atoms with van der Waals surface area (Å²) < 4.78 is 0. The molecule has 2 nitrogen and oxygen atoms in total. The molecule has 0 radical (unpaired) electrons. The number of amides is 1. The topological polar surface area (TPSA) is 29.1 Å². The third-order valence-electron chi connectivity index (χ3n) is 6.53. The van der Waals surface area contributed by atoms with E-state index < -0.39 is 0 Å². The molecule has 0 saturated carbocycles. The number of unbranched alkanes of at least 4 members (excludes halogenated alkanes) is 20. The van der Waals surface area contributed by atoms with Crippen LogP contribution in [0.2, 0.25) is 0 Å². The number of carbonyl (C=O) groups excluding carboxylic acids is 1. The lowest BCUT2D eigenvalue weighted by Gasteiger charge is -2.05. The molecule has 1 amide bonds. The van der Waals surface area contributed by atoms with Crippen molar-refractivity contribution in [2.45, 2.75) is 168 Å². The Kier molecular flexibility index (Phi) is 27.5. The minimum absolute atomic E-state index is 0.221. The molecule has 0 aromatic carbocycles. The molecule has 2 heteroatoms. The van der Waals surface area contributed by atoms with Gasteiger partial charge in [0.2, 0.25) is 5.91 Å². The Bertz CT molecular complexity index is 390. The molecular weight excluding hydrogens is 390 g/mol. The molecule has 0 rings (SSSR count). The average Bonchev–Trinajstić information content (AvgIpc) is 2.80. The molecule has 0 spiro atoms. The van der Waals surface area contributed by atoms with Crippen LogP contribution in [0.1, 0.15) is 168 Å². The van der Waals surface area contributed by atoms with Crippen LogP contribution < -0.4 is 5.32 Å². The number of hydrogen-bond donors (Lipinski definition) is 1. The normalized spacial score (nSPS) is 11.4. The standard InChI is InChI=1S/C30H59NO/c1-3-5-7-9-11-13-14-15-16-17-18-19-21-23-25-27-29-31-30(32)28-26-24-22-20-12-10-8-6-4-2/h22,24H,3-21,23,25-29H2,1-2H3,(H,31,32)/b24-22-. The highest BCUT2D eigenvalue weighted by Gasteiger charge is 1.99. The largest absolute Gasteiger partial charge is 0.356 e. The van der Waals surface area contributed by atoms with Crippen molar-refractivity contribution in [1.82, 2.24) is 5.32 Å². The van der Waals surface area contributed by atoms with Crippen LogP contribution in [0, 0.1) is 0 Å². The van der Waals surface area contributed by atoms with Gasteiger partial charge in [-0.2, -0.15) is 0 Å². The van der Waals surface area contributed by atoms with Gasteiger partial charge in [0.1, 0.15) is 0 Å². The third kappa shape index (κ3) is 27.2. The van der Waals surface area contributed by atoms with Gasteiger partial charge in [-0.1, -0.05) is 148 Å². The molecule has 190 valence electrons. The van der Waals surface area contributed by atoms with Crippen molar-refractivity contribution in [2.24, 2.45) is 0 Å². The maximum absolute atomic E-state index is 11.9. The minimum Gasteiger partial charge on any atom is -0.356 e. The lowest BCUT2D eigenvalue weighted by atomic mass is 10.0. The van der Waals surface area contributed by atoms with Crippen LogP contribution in [0.5, 0.6) is 0 Å². The molecule has 0 aliphatic rings. The van der Waals surface area contributed by atoms with E-state index in [0.717, 1.165) is 19.4 Å². The first kappa shape index (κ1) is 31.2. The van der Waals surface area contributed by atoms with Crippen LogP contribution in [-0.2, 0) is 4.79 Å². The lowest BCUT2D eigenvalue weighted by Crippen LogP contribution is -2.23. The maximum atomic E-state index is 11.9. The Morgan fingerprint density at radius 1 is 0.500 bits per heavy atom. The van der Waals surface area contributed by atoms with Gasteiger partial charge in [0.15, 0.2) is 0 Å². The first-order valence-corrected chi connectivity index (χ1v) is 14.7. The summed E-state index contributed by atoms with van der Waals surface area (Å²) in [7, 11) is 0. The summed E-state index contributed by atoms with van der Waals surface area (Å²) in [6.45, 7) is 5.40. The Balaban J connectivity index is 3.18. The van der Waals surface area contributed by atoms with Crippen LogP contribution in [0.15, 0.2) is 12.2 Å². The van der Waals surface area contributed by atoms with Crippen molar-refractivity contribution in [3.63, 3.8) is 0 Å². The Labute approximate surface area is 202 Å². The highest BCUT2D eigenvalue weighted by atomic mass is 16.1. The first-order chi connectivity index (χ1) is 15.8. The SMILES string of the molecule is CCCCCCC/C=C\CCC(=O)NCCCCCCCCCCCCCCCCCC. The van der Waals surface area contributed by atoms with E-state index >= 15 is 0 Å². The predicted molar refractivity (Wildman–Crippen MR) is 144 cm³/mol. The number of hydrogen-bond acceptors (Lipinski definition) is 1. The van der Waals surface area contributed by atoms with Gasteiger partial charge in [0.05, 0.1) is 0 Å². The molecule has 0 bridgehead atoms. The van der Waals surface area contributed by atoms with Crippen LogP contribution in [-0.4, -0.2) is 12.5 Å². The minimum atomic E-state index is 0.221. The second-order valence-electron chi connectivity index (χ2n) is 9.87. The zero-order chi connectivity index (χ0) is 23.4. The molecule has 0 fully saturated rings. The van der Waals surface area contributed by atoms with Crippen LogP contribution in [0.3, 0.4) is 0 Å². The fraction of sp³-hybridized carbons (Fsp3) is 0.900. The van der Waals surface area contributed by atoms with Crippen LogP contribution >= 0.6 is 0 Å².